The molecule has 0 unspecified atom stereocenters. The summed E-state index contributed by atoms with van der Waals surface area (Å²) in [6.07, 6.45) is 3.75. The largest absolute Gasteiger partial charge is 0.354 e. The molecule has 1 aliphatic rings. The van der Waals surface area contributed by atoms with Crippen molar-refractivity contribution in [2.75, 3.05) is 49.4 Å². The lowest BCUT2D eigenvalue weighted by Crippen LogP contribution is -2.35. The molecule has 2 N–H and O–H groups in total. The van der Waals surface area contributed by atoms with Gasteiger partial charge in [-0.25, -0.2) is 5.01 Å². The Morgan fingerprint density at radius 3 is 2.37 bits per heavy atom. The summed E-state index contributed by atoms with van der Waals surface area (Å²) in [7, 11) is 3.85. The zero-order valence-corrected chi connectivity index (χ0v) is 12.0. The highest BCUT2D eigenvalue weighted by molar-refractivity contribution is 5.42. The first-order chi connectivity index (χ1) is 9.19. The van der Waals surface area contributed by atoms with Gasteiger partial charge in [0.1, 0.15) is 0 Å². The van der Waals surface area contributed by atoms with E-state index < -0.39 is 0 Å². The van der Waals surface area contributed by atoms with Crippen molar-refractivity contribution in [3.63, 3.8) is 0 Å². The van der Waals surface area contributed by atoms with Crippen molar-refractivity contribution in [3.05, 3.63) is 0 Å². The number of hydrazine groups is 1. The Morgan fingerprint density at radius 1 is 1.05 bits per heavy atom. The van der Waals surface area contributed by atoms with Crippen LogP contribution in [-0.2, 0) is 0 Å². The quantitative estimate of drug-likeness (QED) is 0.828. The summed E-state index contributed by atoms with van der Waals surface area (Å²) in [5.41, 5.74) is 3.28. The summed E-state index contributed by atoms with van der Waals surface area (Å²) in [5, 5.41) is 5.31. The third-order valence-electron chi connectivity index (χ3n) is 2.97. The van der Waals surface area contributed by atoms with E-state index in [2.05, 4.69) is 30.7 Å². The molecule has 2 rings (SSSR count). The fourth-order valence-electron chi connectivity index (χ4n) is 2.00. The molecule has 1 aromatic rings. The average molecular weight is 265 g/mol. The summed E-state index contributed by atoms with van der Waals surface area (Å²) in [4.78, 5) is 15.0. The SMILES string of the molecule is CCNc1nc(NN2CCCCC2)nc(N(C)C)n1. The van der Waals surface area contributed by atoms with E-state index >= 15 is 0 Å². The van der Waals surface area contributed by atoms with Crippen LogP contribution in [0.3, 0.4) is 0 Å². The van der Waals surface area contributed by atoms with Crippen LogP contribution in [0.5, 0.6) is 0 Å². The second-order valence-corrected chi connectivity index (χ2v) is 4.87. The molecule has 0 aromatic carbocycles. The first-order valence-electron chi connectivity index (χ1n) is 6.88. The zero-order chi connectivity index (χ0) is 13.7. The van der Waals surface area contributed by atoms with E-state index in [-0.39, 0.29) is 0 Å². The summed E-state index contributed by atoms with van der Waals surface area (Å²) < 4.78 is 0. The van der Waals surface area contributed by atoms with Gasteiger partial charge in [-0.15, -0.1) is 0 Å². The summed E-state index contributed by atoms with van der Waals surface area (Å²) in [6.45, 7) is 4.90. The number of aromatic nitrogens is 3. The van der Waals surface area contributed by atoms with Crippen molar-refractivity contribution in [3.8, 4) is 0 Å². The van der Waals surface area contributed by atoms with Gasteiger partial charge in [0, 0.05) is 33.7 Å². The van der Waals surface area contributed by atoms with E-state index in [1.165, 1.54) is 19.3 Å². The second-order valence-electron chi connectivity index (χ2n) is 4.87. The van der Waals surface area contributed by atoms with Gasteiger partial charge in [-0.2, -0.15) is 15.0 Å². The fraction of sp³-hybridized carbons (Fsp3) is 0.750. The minimum absolute atomic E-state index is 0.608. The second kappa shape index (κ2) is 6.51. The number of hydrogen-bond acceptors (Lipinski definition) is 7. The van der Waals surface area contributed by atoms with Gasteiger partial charge in [-0.1, -0.05) is 6.42 Å². The molecule has 7 heteroatoms. The van der Waals surface area contributed by atoms with Crippen molar-refractivity contribution < 1.29 is 0 Å². The highest BCUT2D eigenvalue weighted by Gasteiger charge is 2.13. The van der Waals surface area contributed by atoms with Gasteiger partial charge >= 0.3 is 0 Å². The van der Waals surface area contributed by atoms with Crippen LogP contribution < -0.4 is 15.6 Å². The molecule has 106 valence electrons. The van der Waals surface area contributed by atoms with Crippen LogP contribution in [0.1, 0.15) is 26.2 Å². The molecule has 1 aromatic heterocycles. The lowest BCUT2D eigenvalue weighted by Gasteiger charge is -2.27. The molecule has 19 heavy (non-hydrogen) atoms. The van der Waals surface area contributed by atoms with Crippen LogP contribution in [0.4, 0.5) is 17.8 Å². The number of nitrogens with zero attached hydrogens (tertiary/aromatic N) is 5. The van der Waals surface area contributed by atoms with E-state index in [9.17, 15) is 0 Å². The number of anilines is 3. The van der Waals surface area contributed by atoms with E-state index in [1.807, 2.05) is 25.9 Å². The molecule has 0 bridgehead atoms. The normalized spacial score (nSPS) is 16.2. The Bertz CT molecular complexity index is 401. The molecule has 0 atom stereocenters. The molecule has 0 amide bonds. The van der Waals surface area contributed by atoms with Crippen LogP contribution in [0.15, 0.2) is 0 Å². The van der Waals surface area contributed by atoms with Crippen molar-refractivity contribution >= 4 is 17.8 Å². The van der Waals surface area contributed by atoms with Crippen molar-refractivity contribution in [2.24, 2.45) is 0 Å². The number of hydrogen-bond donors (Lipinski definition) is 2. The molecule has 7 nitrogen and oxygen atoms in total. The van der Waals surface area contributed by atoms with E-state index in [0.29, 0.717) is 17.8 Å². The maximum atomic E-state index is 4.42. The van der Waals surface area contributed by atoms with Crippen LogP contribution in [0.25, 0.3) is 0 Å². The Kier molecular flexibility index (Phi) is 4.73. The molecular weight excluding hydrogens is 242 g/mol. The predicted molar refractivity (Wildman–Crippen MR) is 77.4 cm³/mol. The Morgan fingerprint density at radius 2 is 1.74 bits per heavy atom. The van der Waals surface area contributed by atoms with Crippen LogP contribution in [-0.4, -0.2) is 53.7 Å². The Hall–Kier alpha value is -1.63. The van der Waals surface area contributed by atoms with Gasteiger partial charge in [-0.3, -0.25) is 5.43 Å². The maximum absolute atomic E-state index is 4.42. The van der Waals surface area contributed by atoms with Crippen LogP contribution in [0.2, 0.25) is 0 Å². The van der Waals surface area contributed by atoms with Gasteiger partial charge in [0.2, 0.25) is 17.8 Å². The summed E-state index contributed by atoms with van der Waals surface area (Å²) >= 11 is 0. The summed E-state index contributed by atoms with van der Waals surface area (Å²) in [5.74, 6) is 1.88. The average Bonchev–Trinajstić information content (AvgIpc) is 2.40. The standard InChI is InChI=1S/C12H23N7/c1-4-13-10-14-11(16-12(15-10)18(2)3)17-19-8-6-5-7-9-19/h4-9H2,1-3H3,(H2,13,14,15,16,17). The monoisotopic (exact) mass is 265 g/mol. The molecule has 1 aliphatic heterocycles. The minimum Gasteiger partial charge on any atom is -0.354 e. The molecule has 2 heterocycles. The molecule has 0 aliphatic carbocycles. The molecular formula is C12H23N7. The van der Waals surface area contributed by atoms with Crippen LogP contribution >= 0.6 is 0 Å². The Labute approximate surface area is 114 Å². The number of nitrogens with one attached hydrogen (secondary N) is 2. The lowest BCUT2D eigenvalue weighted by atomic mass is 10.2. The van der Waals surface area contributed by atoms with E-state index in [0.717, 1.165) is 19.6 Å². The molecule has 1 fully saturated rings. The number of rotatable bonds is 5. The predicted octanol–water partition coefficient (Wildman–Crippen LogP) is 1.18. The molecule has 0 spiro atoms. The van der Waals surface area contributed by atoms with Gasteiger partial charge < -0.3 is 10.2 Å². The lowest BCUT2D eigenvalue weighted by molar-refractivity contribution is 0.271. The van der Waals surface area contributed by atoms with Crippen molar-refractivity contribution in [1.82, 2.24) is 20.0 Å². The maximum Gasteiger partial charge on any atom is 0.244 e. The molecule has 0 radical (unpaired) electrons. The topological polar surface area (TPSA) is 69.2 Å². The van der Waals surface area contributed by atoms with Crippen molar-refractivity contribution in [1.29, 1.82) is 0 Å². The number of piperidine rings is 1. The third-order valence-corrected chi connectivity index (χ3v) is 2.97. The highest BCUT2D eigenvalue weighted by Crippen LogP contribution is 2.14. The minimum atomic E-state index is 0.608. The fourth-order valence-corrected chi connectivity index (χ4v) is 2.00. The molecule has 1 saturated heterocycles. The first-order valence-corrected chi connectivity index (χ1v) is 6.88. The summed E-state index contributed by atoms with van der Waals surface area (Å²) in [6, 6.07) is 0. The van der Waals surface area contributed by atoms with Gasteiger partial charge in [-0.05, 0) is 19.8 Å². The first kappa shape index (κ1) is 13.8. The van der Waals surface area contributed by atoms with E-state index in [4.69, 9.17) is 0 Å². The highest BCUT2D eigenvalue weighted by atomic mass is 15.5. The smallest absolute Gasteiger partial charge is 0.244 e. The third kappa shape index (κ3) is 3.92. The van der Waals surface area contributed by atoms with Crippen LogP contribution in [0, 0.1) is 0 Å². The molecule has 0 saturated carbocycles. The van der Waals surface area contributed by atoms with Crippen molar-refractivity contribution in [2.45, 2.75) is 26.2 Å². The van der Waals surface area contributed by atoms with E-state index in [1.54, 1.807) is 0 Å². The van der Waals surface area contributed by atoms with Gasteiger partial charge in [0.25, 0.3) is 0 Å². The zero-order valence-electron chi connectivity index (χ0n) is 12.0. The van der Waals surface area contributed by atoms with Gasteiger partial charge in [0.15, 0.2) is 0 Å². The Balaban J connectivity index is 2.12. The van der Waals surface area contributed by atoms with Gasteiger partial charge in [0.05, 0.1) is 0 Å².